The lowest BCUT2D eigenvalue weighted by Gasteiger charge is -2.11. The molecule has 0 bridgehead atoms. The first-order valence-electron chi connectivity index (χ1n) is 6.45. The molecule has 0 aliphatic carbocycles. The van der Waals surface area contributed by atoms with Gasteiger partial charge in [0.25, 0.3) is 0 Å². The molecular formula is C16H17Cl2NS. The molecule has 0 aliphatic heterocycles. The Morgan fingerprint density at radius 2 is 1.55 bits per heavy atom. The molecule has 0 radical (unpaired) electrons. The van der Waals surface area contributed by atoms with E-state index in [2.05, 4.69) is 43.4 Å². The molecule has 0 saturated heterocycles. The summed E-state index contributed by atoms with van der Waals surface area (Å²) in [5, 5.41) is 4.93. The molecule has 0 unspecified atom stereocenters. The SMILES string of the molecule is CNc1cc(Cl)c(-c2ccc(SC(C)C)cc2)c(Cl)c1. The van der Waals surface area contributed by atoms with Crippen LogP contribution in [0.1, 0.15) is 13.8 Å². The van der Waals surface area contributed by atoms with E-state index in [1.165, 1.54) is 4.90 Å². The van der Waals surface area contributed by atoms with Crippen LogP contribution in [0.3, 0.4) is 0 Å². The molecule has 0 aromatic heterocycles. The maximum absolute atomic E-state index is 6.34. The lowest BCUT2D eigenvalue weighted by molar-refractivity contribution is 1.11. The van der Waals surface area contributed by atoms with Crippen LogP contribution >= 0.6 is 35.0 Å². The molecular weight excluding hydrogens is 309 g/mol. The van der Waals surface area contributed by atoms with E-state index in [0.717, 1.165) is 16.8 Å². The summed E-state index contributed by atoms with van der Waals surface area (Å²) in [4.78, 5) is 1.25. The van der Waals surface area contributed by atoms with E-state index in [1.807, 2.05) is 30.9 Å². The predicted molar refractivity (Wildman–Crippen MR) is 92.4 cm³/mol. The highest BCUT2D eigenvalue weighted by atomic mass is 35.5. The molecule has 0 atom stereocenters. The van der Waals surface area contributed by atoms with E-state index in [1.54, 1.807) is 0 Å². The number of hydrogen-bond donors (Lipinski definition) is 1. The second kappa shape index (κ2) is 6.75. The number of thioether (sulfide) groups is 1. The van der Waals surface area contributed by atoms with E-state index < -0.39 is 0 Å². The van der Waals surface area contributed by atoms with Crippen LogP contribution < -0.4 is 5.32 Å². The highest BCUT2D eigenvalue weighted by Gasteiger charge is 2.10. The number of anilines is 1. The average Bonchev–Trinajstić information content (AvgIpc) is 2.39. The van der Waals surface area contributed by atoms with Crippen LogP contribution in [-0.2, 0) is 0 Å². The van der Waals surface area contributed by atoms with Crippen LogP contribution in [0.15, 0.2) is 41.3 Å². The Labute approximate surface area is 134 Å². The molecule has 4 heteroatoms. The molecule has 1 nitrogen and oxygen atoms in total. The summed E-state index contributed by atoms with van der Waals surface area (Å²) in [5.41, 5.74) is 2.83. The van der Waals surface area contributed by atoms with E-state index in [0.29, 0.717) is 15.3 Å². The predicted octanol–water partition coefficient (Wildman–Crippen LogP) is 6.20. The summed E-state index contributed by atoms with van der Waals surface area (Å²) >= 11 is 14.5. The van der Waals surface area contributed by atoms with Crippen molar-refractivity contribution in [3.63, 3.8) is 0 Å². The topological polar surface area (TPSA) is 12.0 Å². The van der Waals surface area contributed by atoms with Crippen molar-refractivity contribution in [2.24, 2.45) is 0 Å². The minimum absolute atomic E-state index is 0.572. The number of benzene rings is 2. The van der Waals surface area contributed by atoms with Gasteiger partial charge in [-0.3, -0.25) is 0 Å². The zero-order valence-corrected chi connectivity index (χ0v) is 14.0. The number of halogens is 2. The van der Waals surface area contributed by atoms with Gasteiger partial charge in [-0.25, -0.2) is 0 Å². The molecule has 0 saturated carbocycles. The Bertz CT molecular complexity index is 571. The average molecular weight is 326 g/mol. The highest BCUT2D eigenvalue weighted by molar-refractivity contribution is 7.99. The minimum atomic E-state index is 0.572. The van der Waals surface area contributed by atoms with Crippen molar-refractivity contribution in [1.82, 2.24) is 0 Å². The molecule has 0 heterocycles. The molecule has 20 heavy (non-hydrogen) atoms. The first kappa shape index (κ1) is 15.6. The van der Waals surface area contributed by atoms with E-state index in [-0.39, 0.29) is 0 Å². The van der Waals surface area contributed by atoms with Gasteiger partial charge < -0.3 is 5.32 Å². The van der Waals surface area contributed by atoms with Gasteiger partial charge in [-0.05, 0) is 29.8 Å². The lowest BCUT2D eigenvalue weighted by atomic mass is 10.1. The van der Waals surface area contributed by atoms with Crippen molar-refractivity contribution >= 4 is 40.7 Å². The Balaban J connectivity index is 2.37. The summed E-state index contributed by atoms with van der Waals surface area (Å²) < 4.78 is 0. The Morgan fingerprint density at radius 1 is 1.00 bits per heavy atom. The fourth-order valence-corrected chi connectivity index (χ4v) is 3.51. The van der Waals surface area contributed by atoms with Crippen LogP contribution in [0, 0.1) is 0 Å². The lowest BCUT2D eigenvalue weighted by Crippen LogP contribution is -1.90. The Hall–Kier alpha value is -0.830. The summed E-state index contributed by atoms with van der Waals surface area (Å²) in [5.74, 6) is 0. The molecule has 2 aromatic carbocycles. The van der Waals surface area contributed by atoms with Crippen molar-refractivity contribution < 1.29 is 0 Å². The van der Waals surface area contributed by atoms with Gasteiger partial charge in [-0.15, -0.1) is 11.8 Å². The Kier molecular flexibility index (Phi) is 5.25. The van der Waals surface area contributed by atoms with Crippen molar-refractivity contribution in [2.45, 2.75) is 24.0 Å². The van der Waals surface area contributed by atoms with Gasteiger partial charge in [0.1, 0.15) is 0 Å². The van der Waals surface area contributed by atoms with Gasteiger partial charge in [-0.2, -0.15) is 0 Å². The van der Waals surface area contributed by atoms with Gasteiger partial charge >= 0.3 is 0 Å². The molecule has 0 aliphatic rings. The molecule has 0 spiro atoms. The van der Waals surface area contributed by atoms with Gasteiger partial charge in [0.2, 0.25) is 0 Å². The summed E-state index contributed by atoms with van der Waals surface area (Å²) in [6.45, 7) is 4.37. The number of nitrogens with one attached hydrogen (secondary N) is 1. The second-order valence-corrected chi connectivity index (χ2v) is 7.22. The molecule has 106 valence electrons. The van der Waals surface area contributed by atoms with Crippen LogP contribution in [0.25, 0.3) is 11.1 Å². The largest absolute Gasteiger partial charge is 0.388 e. The zero-order chi connectivity index (χ0) is 14.7. The maximum Gasteiger partial charge on any atom is 0.0519 e. The van der Waals surface area contributed by atoms with Gasteiger partial charge in [0.05, 0.1) is 10.0 Å². The highest BCUT2D eigenvalue weighted by Crippen LogP contribution is 2.38. The van der Waals surface area contributed by atoms with Crippen molar-refractivity contribution in [3.8, 4) is 11.1 Å². The molecule has 0 fully saturated rings. The summed E-state index contributed by atoms with van der Waals surface area (Å²) in [6.07, 6.45) is 0. The number of rotatable bonds is 4. The van der Waals surface area contributed by atoms with E-state index in [9.17, 15) is 0 Å². The van der Waals surface area contributed by atoms with Crippen LogP contribution in [-0.4, -0.2) is 12.3 Å². The minimum Gasteiger partial charge on any atom is -0.388 e. The fraction of sp³-hybridized carbons (Fsp3) is 0.250. The Morgan fingerprint density at radius 3 is 2.00 bits per heavy atom. The normalized spacial score (nSPS) is 10.9. The molecule has 0 amide bonds. The first-order chi connectivity index (χ1) is 9.51. The summed E-state index contributed by atoms with van der Waals surface area (Å²) in [6, 6.07) is 12.1. The van der Waals surface area contributed by atoms with Gasteiger partial charge in [0.15, 0.2) is 0 Å². The standard InChI is InChI=1S/C16H17Cl2NS/c1-10(2)20-13-6-4-11(5-7-13)16-14(17)8-12(19-3)9-15(16)18/h4-10,19H,1-3H3. The zero-order valence-electron chi connectivity index (χ0n) is 11.7. The second-order valence-electron chi connectivity index (χ2n) is 4.76. The van der Waals surface area contributed by atoms with Crippen LogP contribution in [0.2, 0.25) is 10.0 Å². The van der Waals surface area contributed by atoms with Crippen molar-refractivity contribution in [1.29, 1.82) is 0 Å². The van der Waals surface area contributed by atoms with E-state index in [4.69, 9.17) is 23.2 Å². The third kappa shape index (κ3) is 3.63. The van der Waals surface area contributed by atoms with Crippen molar-refractivity contribution in [2.75, 3.05) is 12.4 Å². The quantitative estimate of drug-likeness (QED) is 0.671. The van der Waals surface area contributed by atoms with Gasteiger partial charge in [-0.1, -0.05) is 49.2 Å². The first-order valence-corrected chi connectivity index (χ1v) is 8.08. The molecule has 2 rings (SSSR count). The van der Waals surface area contributed by atoms with Gasteiger partial charge in [0, 0.05) is 28.4 Å². The monoisotopic (exact) mass is 325 g/mol. The maximum atomic E-state index is 6.34. The fourth-order valence-electron chi connectivity index (χ4n) is 1.97. The van der Waals surface area contributed by atoms with Crippen LogP contribution in [0.4, 0.5) is 5.69 Å². The van der Waals surface area contributed by atoms with E-state index >= 15 is 0 Å². The third-order valence-electron chi connectivity index (χ3n) is 2.85. The van der Waals surface area contributed by atoms with Crippen molar-refractivity contribution in [3.05, 3.63) is 46.4 Å². The van der Waals surface area contributed by atoms with Crippen LogP contribution in [0.5, 0.6) is 0 Å². The summed E-state index contributed by atoms with van der Waals surface area (Å²) in [7, 11) is 1.85. The number of hydrogen-bond acceptors (Lipinski definition) is 2. The molecule has 1 N–H and O–H groups in total. The smallest absolute Gasteiger partial charge is 0.0519 e. The third-order valence-corrected chi connectivity index (χ3v) is 4.46. The molecule has 2 aromatic rings.